The van der Waals surface area contributed by atoms with Crippen molar-refractivity contribution in [2.45, 2.75) is 6.92 Å². The third-order valence-electron chi connectivity index (χ3n) is 4.22. The van der Waals surface area contributed by atoms with Gasteiger partial charge in [-0.2, -0.15) is 0 Å². The maximum absolute atomic E-state index is 12.9. The van der Waals surface area contributed by atoms with Crippen LogP contribution in [0.15, 0.2) is 41.3 Å². The van der Waals surface area contributed by atoms with Crippen LogP contribution in [0.5, 0.6) is 23.0 Å². The SMILES string of the molecule is CCOc1ccc(C=C2SC(=N)N(c3ccc4c(c3)OCO4)C2=O)cc1OC. The molecule has 144 valence electrons. The van der Waals surface area contributed by atoms with Gasteiger partial charge in [-0.05, 0) is 54.6 Å². The topological polar surface area (TPSA) is 81.1 Å². The molecule has 2 aromatic rings. The first-order chi connectivity index (χ1) is 13.6. The molecule has 2 heterocycles. The van der Waals surface area contributed by atoms with Crippen LogP contribution in [0, 0.1) is 5.41 Å². The van der Waals surface area contributed by atoms with Crippen LogP contribution in [0.2, 0.25) is 0 Å². The van der Waals surface area contributed by atoms with Crippen molar-refractivity contribution in [3.05, 3.63) is 46.9 Å². The fourth-order valence-electron chi connectivity index (χ4n) is 2.95. The van der Waals surface area contributed by atoms with E-state index in [0.717, 1.165) is 17.3 Å². The summed E-state index contributed by atoms with van der Waals surface area (Å²) in [5.41, 5.74) is 1.36. The first-order valence-corrected chi connectivity index (χ1v) is 9.45. The van der Waals surface area contributed by atoms with E-state index in [-0.39, 0.29) is 17.9 Å². The zero-order valence-corrected chi connectivity index (χ0v) is 16.2. The molecule has 0 aromatic heterocycles. The Balaban J connectivity index is 1.62. The van der Waals surface area contributed by atoms with E-state index >= 15 is 0 Å². The molecule has 2 aliphatic heterocycles. The van der Waals surface area contributed by atoms with Crippen molar-refractivity contribution >= 4 is 34.6 Å². The number of fused-ring (bicyclic) bond motifs is 1. The molecule has 2 aromatic carbocycles. The predicted molar refractivity (Wildman–Crippen MR) is 108 cm³/mol. The van der Waals surface area contributed by atoms with Crippen molar-refractivity contribution in [2.75, 3.05) is 25.4 Å². The van der Waals surface area contributed by atoms with E-state index in [2.05, 4.69) is 0 Å². The average molecular weight is 398 g/mol. The Hall–Kier alpha value is -3.13. The number of amides is 1. The van der Waals surface area contributed by atoms with Crippen molar-refractivity contribution in [1.29, 1.82) is 5.41 Å². The molecule has 4 rings (SSSR count). The fourth-order valence-corrected chi connectivity index (χ4v) is 3.81. The lowest BCUT2D eigenvalue weighted by molar-refractivity contribution is -0.113. The Morgan fingerprint density at radius 3 is 2.79 bits per heavy atom. The molecule has 0 spiro atoms. The second kappa shape index (κ2) is 7.47. The van der Waals surface area contributed by atoms with E-state index in [4.69, 9.17) is 24.4 Å². The average Bonchev–Trinajstić information content (AvgIpc) is 3.26. The van der Waals surface area contributed by atoms with Gasteiger partial charge < -0.3 is 18.9 Å². The van der Waals surface area contributed by atoms with Gasteiger partial charge in [-0.15, -0.1) is 0 Å². The quantitative estimate of drug-likeness (QED) is 0.770. The minimum Gasteiger partial charge on any atom is -0.493 e. The number of hydrogen-bond donors (Lipinski definition) is 1. The number of hydrogen-bond acceptors (Lipinski definition) is 7. The molecule has 2 aliphatic rings. The summed E-state index contributed by atoms with van der Waals surface area (Å²) in [6, 6.07) is 10.6. The van der Waals surface area contributed by atoms with Crippen LogP contribution in [0.25, 0.3) is 6.08 Å². The summed E-state index contributed by atoms with van der Waals surface area (Å²) < 4.78 is 21.6. The Labute approximate surface area is 166 Å². The number of carbonyl (C=O) groups is 1. The standard InChI is InChI=1S/C20H18N2O5S/c1-3-25-14-6-4-12(8-16(14)24-2)9-18-19(23)22(20(21)28-18)13-5-7-15-17(10-13)27-11-26-15/h4-10,21H,3,11H2,1-2H3. The van der Waals surface area contributed by atoms with E-state index in [1.165, 1.54) is 4.90 Å². The Bertz CT molecular complexity index is 989. The van der Waals surface area contributed by atoms with E-state index in [1.54, 1.807) is 43.5 Å². The van der Waals surface area contributed by atoms with E-state index < -0.39 is 0 Å². The van der Waals surface area contributed by atoms with Gasteiger partial charge in [-0.1, -0.05) is 6.07 Å². The van der Waals surface area contributed by atoms with Crippen molar-refractivity contribution < 1.29 is 23.7 Å². The molecule has 0 saturated carbocycles. The number of rotatable bonds is 5. The minimum absolute atomic E-state index is 0.132. The van der Waals surface area contributed by atoms with Gasteiger partial charge in [0, 0.05) is 6.07 Å². The van der Waals surface area contributed by atoms with E-state index in [0.29, 0.717) is 40.2 Å². The molecule has 1 saturated heterocycles. The summed E-state index contributed by atoms with van der Waals surface area (Å²) >= 11 is 1.11. The monoisotopic (exact) mass is 398 g/mol. The number of methoxy groups -OCH3 is 1. The van der Waals surface area contributed by atoms with Crippen LogP contribution in [0.1, 0.15) is 12.5 Å². The van der Waals surface area contributed by atoms with Gasteiger partial charge in [0.1, 0.15) is 0 Å². The number of nitrogens with one attached hydrogen (secondary N) is 1. The largest absolute Gasteiger partial charge is 0.493 e. The molecule has 7 nitrogen and oxygen atoms in total. The van der Waals surface area contributed by atoms with Gasteiger partial charge in [0.15, 0.2) is 28.2 Å². The molecule has 1 amide bonds. The predicted octanol–water partition coefficient (Wildman–Crippen LogP) is 3.88. The van der Waals surface area contributed by atoms with Gasteiger partial charge in [-0.25, -0.2) is 0 Å². The molecular weight excluding hydrogens is 380 g/mol. The summed E-state index contributed by atoms with van der Waals surface area (Å²) in [5, 5.41) is 8.38. The molecule has 0 radical (unpaired) electrons. The zero-order chi connectivity index (χ0) is 19.7. The van der Waals surface area contributed by atoms with Gasteiger partial charge in [-0.3, -0.25) is 15.1 Å². The summed E-state index contributed by atoms with van der Waals surface area (Å²) in [4.78, 5) is 14.7. The summed E-state index contributed by atoms with van der Waals surface area (Å²) in [6.45, 7) is 2.59. The number of nitrogens with zero attached hydrogens (tertiary/aromatic N) is 1. The van der Waals surface area contributed by atoms with Gasteiger partial charge in [0.25, 0.3) is 5.91 Å². The highest BCUT2D eigenvalue weighted by molar-refractivity contribution is 8.19. The van der Waals surface area contributed by atoms with Gasteiger partial charge >= 0.3 is 0 Å². The molecule has 1 N–H and O–H groups in total. The van der Waals surface area contributed by atoms with Crippen LogP contribution in [0.4, 0.5) is 5.69 Å². The number of benzene rings is 2. The second-order valence-corrected chi connectivity index (χ2v) is 6.97. The number of thioether (sulfide) groups is 1. The maximum atomic E-state index is 12.9. The highest BCUT2D eigenvalue weighted by Crippen LogP contribution is 2.40. The van der Waals surface area contributed by atoms with Crippen molar-refractivity contribution in [1.82, 2.24) is 0 Å². The summed E-state index contributed by atoms with van der Waals surface area (Å²) in [5.74, 6) is 2.17. The molecule has 0 unspecified atom stereocenters. The highest BCUT2D eigenvalue weighted by Gasteiger charge is 2.34. The van der Waals surface area contributed by atoms with Crippen molar-refractivity contribution in [3.63, 3.8) is 0 Å². The molecule has 0 bridgehead atoms. The molecular formula is C20H18N2O5S. The minimum atomic E-state index is -0.262. The lowest BCUT2D eigenvalue weighted by atomic mass is 10.1. The Morgan fingerprint density at radius 2 is 2.00 bits per heavy atom. The number of anilines is 1. The molecule has 28 heavy (non-hydrogen) atoms. The summed E-state index contributed by atoms with van der Waals surface area (Å²) in [7, 11) is 1.57. The first kappa shape index (κ1) is 18.2. The van der Waals surface area contributed by atoms with Crippen molar-refractivity contribution in [3.8, 4) is 23.0 Å². The normalized spacial score (nSPS) is 16.8. The third kappa shape index (κ3) is 3.27. The molecule has 0 aliphatic carbocycles. The number of ether oxygens (including phenoxy) is 4. The Kier molecular flexibility index (Phi) is 4.87. The summed E-state index contributed by atoms with van der Waals surface area (Å²) in [6.07, 6.45) is 1.74. The van der Waals surface area contributed by atoms with Crippen LogP contribution in [-0.4, -0.2) is 31.6 Å². The molecule has 1 fully saturated rings. The van der Waals surface area contributed by atoms with E-state index in [9.17, 15) is 4.79 Å². The van der Waals surface area contributed by atoms with Gasteiger partial charge in [0.2, 0.25) is 6.79 Å². The van der Waals surface area contributed by atoms with E-state index in [1.807, 2.05) is 13.0 Å². The maximum Gasteiger partial charge on any atom is 0.271 e. The van der Waals surface area contributed by atoms with Crippen LogP contribution in [0.3, 0.4) is 0 Å². The van der Waals surface area contributed by atoms with Crippen LogP contribution < -0.4 is 23.8 Å². The lowest BCUT2D eigenvalue weighted by Crippen LogP contribution is -2.28. The number of amidine groups is 1. The molecule has 0 atom stereocenters. The number of carbonyl (C=O) groups excluding carboxylic acids is 1. The lowest BCUT2D eigenvalue weighted by Gasteiger charge is -2.14. The van der Waals surface area contributed by atoms with Crippen LogP contribution in [-0.2, 0) is 4.79 Å². The first-order valence-electron chi connectivity index (χ1n) is 8.63. The van der Waals surface area contributed by atoms with Crippen molar-refractivity contribution in [2.24, 2.45) is 0 Å². The fraction of sp³-hybridized carbons (Fsp3) is 0.200. The zero-order valence-electron chi connectivity index (χ0n) is 15.4. The highest BCUT2D eigenvalue weighted by atomic mass is 32.2. The smallest absolute Gasteiger partial charge is 0.271 e. The third-order valence-corrected chi connectivity index (χ3v) is 5.11. The van der Waals surface area contributed by atoms with Crippen LogP contribution >= 0.6 is 11.8 Å². The Morgan fingerprint density at radius 1 is 1.18 bits per heavy atom. The van der Waals surface area contributed by atoms with Gasteiger partial charge in [0.05, 0.1) is 24.3 Å². The second-order valence-electron chi connectivity index (χ2n) is 5.94. The molecule has 8 heteroatoms.